The Balaban J connectivity index is 2.07. The first kappa shape index (κ1) is 17.1. The van der Waals surface area contributed by atoms with Crippen molar-refractivity contribution in [1.29, 1.82) is 0 Å². The number of aromatic nitrogens is 2. The smallest absolute Gasteiger partial charge is 0.254 e. The molecule has 2 rings (SSSR count). The van der Waals surface area contributed by atoms with Crippen LogP contribution in [0.4, 0.5) is 0 Å². The third-order valence-electron chi connectivity index (χ3n) is 4.03. The van der Waals surface area contributed by atoms with Crippen LogP contribution in [-0.4, -0.2) is 33.6 Å². The van der Waals surface area contributed by atoms with Crippen LogP contribution < -0.4 is 5.32 Å². The molecule has 2 N–H and O–H groups in total. The fourth-order valence-corrected chi connectivity index (χ4v) is 2.18. The van der Waals surface area contributed by atoms with Gasteiger partial charge < -0.3 is 10.4 Å². The number of nitrogens with one attached hydrogen (secondary N) is 1. The molecule has 1 heterocycles. The molecule has 2 unspecified atom stereocenters. The minimum atomic E-state index is -0.547. The van der Waals surface area contributed by atoms with Gasteiger partial charge in [0.25, 0.3) is 5.91 Å². The topological polar surface area (TPSA) is 75.1 Å². The highest BCUT2D eigenvalue weighted by Gasteiger charge is 2.16. The van der Waals surface area contributed by atoms with E-state index < -0.39 is 6.10 Å². The van der Waals surface area contributed by atoms with Crippen LogP contribution in [0.2, 0.25) is 0 Å². The monoisotopic (exact) mass is 313 g/mol. The lowest BCUT2D eigenvalue weighted by molar-refractivity contribution is 0.0849. The van der Waals surface area contributed by atoms with E-state index in [1.54, 1.807) is 6.92 Å². The van der Waals surface area contributed by atoms with Crippen LogP contribution in [0.3, 0.4) is 0 Å². The summed E-state index contributed by atoms with van der Waals surface area (Å²) >= 11 is 0. The molecule has 0 radical (unpaired) electrons. The molecule has 1 aromatic heterocycles. The number of aryl methyl sites for hydroxylation is 1. The Hall–Kier alpha value is -2.27. The van der Waals surface area contributed by atoms with Crippen molar-refractivity contribution < 1.29 is 9.90 Å². The Morgan fingerprint density at radius 3 is 2.61 bits per heavy atom. The second-order valence-corrected chi connectivity index (χ2v) is 5.72. The molecule has 0 aliphatic rings. The summed E-state index contributed by atoms with van der Waals surface area (Å²) in [6, 6.07) is 9.63. The van der Waals surface area contributed by atoms with Gasteiger partial charge in [-0.2, -0.15) is 0 Å². The molecule has 0 bridgehead atoms. The summed E-state index contributed by atoms with van der Waals surface area (Å²) in [5.41, 5.74) is 1.96. The number of aliphatic hydroxyl groups is 1. The van der Waals surface area contributed by atoms with Gasteiger partial charge in [0.05, 0.1) is 17.4 Å². The lowest BCUT2D eigenvalue weighted by atomic mass is 10.0. The van der Waals surface area contributed by atoms with E-state index in [9.17, 15) is 9.90 Å². The Bertz CT molecular complexity index is 659. The van der Waals surface area contributed by atoms with Crippen LogP contribution >= 0.6 is 0 Å². The third kappa shape index (κ3) is 4.36. The number of benzene rings is 1. The molecule has 0 aliphatic carbocycles. The quantitative estimate of drug-likeness (QED) is 0.859. The van der Waals surface area contributed by atoms with Gasteiger partial charge in [-0.25, -0.2) is 9.97 Å². The van der Waals surface area contributed by atoms with Crippen LogP contribution in [0.1, 0.15) is 36.3 Å². The number of hydrogen-bond donors (Lipinski definition) is 2. The first-order chi connectivity index (χ1) is 11.0. The molecule has 1 amide bonds. The highest BCUT2D eigenvalue weighted by atomic mass is 16.3. The predicted molar refractivity (Wildman–Crippen MR) is 90.0 cm³/mol. The molecular formula is C18H23N3O2. The van der Waals surface area contributed by atoms with E-state index in [1.165, 1.54) is 6.20 Å². The van der Waals surface area contributed by atoms with Crippen molar-refractivity contribution in [2.45, 2.75) is 33.3 Å². The highest BCUT2D eigenvalue weighted by Crippen LogP contribution is 2.15. The van der Waals surface area contributed by atoms with E-state index in [2.05, 4.69) is 15.3 Å². The summed E-state index contributed by atoms with van der Waals surface area (Å²) in [6.07, 6.45) is 1.86. The second-order valence-electron chi connectivity index (χ2n) is 5.72. The largest absolute Gasteiger partial charge is 0.391 e. The van der Waals surface area contributed by atoms with E-state index in [4.69, 9.17) is 0 Å². The van der Waals surface area contributed by atoms with E-state index >= 15 is 0 Å². The third-order valence-corrected chi connectivity index (χ3v) is 4.03. The molecule has 1 aromatic carbocycles. The highest BCUT2D eigenvalue weighted by molar-refractivity contribution is 5.95. The van der Waals surface area contributed by atoms with Gasteiger partial charge in [0, 0.05) is 18.3 Å². The number of amides is 1. The molecule has 2 aromatic rings. The normalized spacial score (nSPS) is 13.4. The van der Waals surface area contributed by atoms with Crippen LogP contribution in [0, 0.1) is 12.8 Å². The molecule has 2 atom stereocenters. The van der Waals surface area contributed by atoms with Crippen molar-refractivity contribution in [3.63, 3.8) is 0 Å². The molecular weight excluding hydrogens is 290 g/mol. The van der Waals surface area contributed by atoms with E-state index in [0.717, 1.165) is 12.0 Å². The second kappa shape index (κ2) is 7.83. The van der Waals surface area contributed by atoms with Crippen LogP contribution in [0.5, 0.6) is 0 Å². The van der Waals surface area contributed by atoms with Crippen molar-refractivity contribution in [3.05, 3.63) is 47.8 Å². The number of rotatable bonds is 6. The Morgan fingerprint density at radius 1 is 1.30 bits per heavy atom. The first-order valence-electron chi connectivity index (χ1n) is 7.88. The van der Waals surface area contributed by atoms with Gasteiger partial charge in [-0.05, 0) is 12.8 Å². The molecule has 0 aliphatic heterocycles. The van der Waals surface area contributed by atoms with Crippen molar-refractivity contribution in [2.24, 2.45) is 5.92 Å². The molecule has 5 heteroatoms. The van der Waals surface area contributed by atoms with E-state index in [1.807, 2.05) is 44.2 Å². The summed E-state index contributed by atoms with van der Waals surface area (Å²) in [7, 11) is 0. The standard InChI is InChI=1S/C18H23N3O2/c1-4-12(2)16(22)11-20-18(23)15-10-19-17(21-13(15)3)14-8-6-5-7-9-14/h5-10,12,16,22H,4,11H2,1-3H3,(H,20,23). The van der Waals surface area contributed by atoms with E-state index in [-0.39, 0.29) is 18.4 Å². The molecule has 122 valence electrons. The maximum atomic E-state index is 12.2. The number of carbonyl (C=O) groups is 1. The van der Waals surface area contributed by atoms with Crippen molar-refractivity contribution >= 4 is 5.91 Å². The molecule has 0 saturated heterocycles. The average Bonchev–Trinajstić information content (AvgIpc) is 2.59. The SMILES string of the molecule is CCC(C)C(O)CNC(=O)c1cnc(-c2ccccc2)nc1C. The Labute approximate surface area is 136 Å². The van der Waals surface area contributed by atoms with Crippen LogP contribution in [-0.2, 0) is 0 Å². The fraction of sp³-hybridized carbons (Fsp3) is 0.389. The van der Waals surface area contributed by atoms with Crippen molar-refractivity contribution in [2.75, 3.05) is 6.54 Å². The summed E-state index contributed by atoms with van der Waals surface area (Å²) in [5, 5.41) is 12.7. The zero-order valence-electron chi connectivity index (χ0n) is 13.8. The number of carbonyl (C=O) groups excluding carboxylic acids is 1. The van der Waals surface area contributed by atoms with E-state index in [0.29, 0.717) is 17.1 Å². The Morgan fingerprint density at radius 2 is 2.00 bits per heavy atom. The number of nitrogens with zero attached hydrogens (tertiary/aromatic N) is 2. The minimum absolute atomic E-state index is 0.146. The zero-order valence-corrected chi connectivity index (χ0v) is 13.8. The lowest BCUT2D eigenvalue weighted by Gasteiger charge is -2.17. The molecule has 0 fully saturated rings. The Kier molecular flexibility index (Phi) is 5.82. The van der Waals surface area contributed by atoms with Gasteiger partial charge in [-0.1, -0.05) is 50.6 Å². The molecule has 0 spiro atoms. The van der Waals surface area contributed by atoms with Gasteiger partial charge in [-0.15, -0.1) is 0 Å². The molecule has 5 nitrogen and oxygen atoms in total. The summed E-state index contributed by atoms with van der Waals surface area (Å²) < 4.78 is 0. The number of aliphatic hydroxyl groups excluding tert-OH is 1. The van der Waals surface area contributed by atoms with Gasteiger partial charge in [0.1, 0.15) is 0 Å². The summed E-state index contributed by atoms with van der Waals surface area (Å²) in [4.78, 5) is 20.9. The lowest BCUT2D eigenvalue weighted by Crippen LogP contribution is -2.35. The maximum absolute atomic E-state index is 12.2. The summed E-state index contributed by atoms with van der Waals surface area (Å²) in [6.45, 7) is 5.98. The molecule has 0 saturated carbocycles. The zero-order chi connectivity index (χ0) is 16.8. The first-order valence-corrected chi connectivity index (χ1v) is 7.88. The van der Waals surface area contributed by atoms with Gasteiger partial charge in [0.2, 0.25) is 0 Å². The van der Waals surface area contributed by atoms with Crippen molar-refractivity contribution in [3.8, 4) is 11.4 Å². The van der Waals surface area contributed by atoms with Crippen molar-refractivity contribution in [1.82, 2.24) is 15.3 Å². The minimum Gasteiger partial charge on any atom is -0.391 e. The fourth-order valence-electron chi connectivity index (χ4n) is 2.18. The van der Waals surface area contributed by atoms with Gasteiger partial charge in [0.15, 0.2) is 5.82 Å². The summed E-state index contributed by atoms with van der Waals surface area (Å²) in [5.74, 6) is 0.483. The van der Waals surface area contributed by atoms with Crippen LogP contribution in [0.15, 0.2) is 36.5 Å². The predicted octanol–water partition coefficient (Wildman–Crippen LogP) is 2.59. The van der Waals surface area contributed by atoms with Gasteiger partial charge >= 0.3 is 0 Å². The maximum Gasteiger partial charge on any atom is 0.254 e. The van der Waals surface area contributed by atoms with Gasteiger partial charge in [-0.3, -0.25) is 4.79 Å². The molecule has 23 heavy (non-hydrogen) atoms. The van der Waals surface area contributed by atoms with Crippen LogP contribution in [0.25, 0.3) is 11.4 Å². The number of hydrogen-bond acceptors (Lipinski definition) is 4. The average molecular weight is 313 g/mol.